The standard InChI is InChI=1S/C15H16N2O3/c18-14(19)11-5-6-12-13(9-11)20-15(17-12)16-8-7-10-3-1-2-4-10/h3,5-6,9H,1-2,4,7-8H2,(H,16,17)(H,18,19). The number of aromatic carboxylic acids is 1. The molecule has 0 saturated carbocycles. The van der Waals surface area contributed by atoms with Gasteiger partial charge in [-0.3, -0.25) is 0 Å². The summed E-state index contributed by atoms with van der Waals surface area (Å²) >= 11 is 0. The van der Waals surface area contributed by atoms with E-state index < -0.39 is 5.97 Å². The van der Waals surface area contributed by atoms with Crippen LogP contribution in [0, 0.1) is 0 Å². The minimum Gasteiger partial charge on any atom is -0.478 e. The number of anilines is 1. The number of carboxylic acids is 1. The quantitative estimate of drug-likeness (QED) is 0.815. The van der Waals surface area contributed by atoms with Crippen LogP contribution < -0.4 is 5.32 Å². The second kappa shape index (κ2) is 5.36. The van der Waals surface area contributed by atoms with E-state index in [0.29, 0.717) is 17.1 Å². The summed E-state index contributed by atoms with van der Waals surface area (Å²) in [5.41, 5.74) is 2.85. The van der Waals surface area contributed by atoms with E-state index in [-0.39, 0.29) is 5.56 Å². The zero-order valence-corrected chi connectivity index (χ0v) is 11.1. The first kappa shape index (κ1) is 12.7. The van der Waals surface area contributed by atoms with Crippen molar-refractivity contribution in [1.29, 1.82) is 0 Å². The van der Waals surface area contributed by atoms with Crippen molar-refractivity contribution in [2.75, 3.05) is 11.9 Å². The Balaban J connectivity index is 1.67. The molecular weight excluding hydrogens is 256 g/mol. The van der Waals surface area contributed by atoms with Crippen molar-refractivity contribution in [2.45, 2.75) is 25.7 Å². The molecule has 1 aromatic heterocycles. The van der Waals surface area contributed by atoms with Crippen LogP contribution in [-0.4, -0.2) is 22.6 Å². The number of carboxylic acid groups (broad SMARTS) is 1. The summed E-state index contributed by atoms with van der Waals surface area (Å²) in [4.78, 5) is 15.2. The number of benzene rings is 1. The molecule has 5 nitrogen and oxygen atoms in total. The zero-order valence-electron chi connectivity index (χ0n) is 11.1. The Bertz CT molecular complexity index is 673. The molecule has 3 rings (SSSR count). The molecule has 1 aromatic carbocycles. The van der Waals surface area contributed by atoms with E-state index in [9.17, 15) is 4.79 Å². The van der Waals surface area contributed by atoms with E-state index in [1.54, 1.807) is 6.07 Å². The van der Waals surface area contributed by atoms with E-state index in [1.165, 1.54) is 37.0 Å². The lowest BCUT2D eigenvalue weighted by atomic mass is 10.2. The third-order valence-electron chi connectivity index (χ3n) is 3.49. The number of aromatic nitrogens is 1. The van der Waals surface area contributed by atoms with Gasteiger partial charge >= 0.3 is 5.97 Å². The molecule has 5 heteroatoms. The number of rotatable bonds is 5. The molecule has 20 heavy (non-hydrogen) atoms. The van der Waals surface area contributed by atoms with Crippen molar-refractivity contribution >= 4 is 23.1 Å². The maximum absolute atomic E-state index is 10.9. The molecule has 0 unspecified atom stereocenters. The average Bonchev–Trinajstić information content (AvgIpc) is 3.06. The van der Waals surface area contributed by atoms with Crippen LogP contribution in [0.25, 0.3) is 11.1 Å². The SMILES string of the molecule is O=C(O)c1ccc2nc(NCCC3=CCCC3)oc2c1. The Morgan fingerprint density at radius 2 is 2.35 bits per heavy atom. The monoisotopic (exact) mass is 272 g/mol. The van der Waals surface area contributed by atoms with Crippen LogP contribution in [0.3, 0.4) is 0 Å². The molecule has 1 aliphatic rings. The Morgan fingerprint density at radius 3 is 3.10 bits per heavy atom. The van der Waals surface area contributed by atoms with Gasteiger partial charge in [0.05, 0.1) is 5.56 Å². The number of nitrogens with zero attached hydrogens (tertiary/aromatic N) is 1. The molecule has 1 heterocycles. The number of nitrogens with one attached hydrogen (secondary N) is 1. The fourth-order valence-corrected chi connectivity index (χ4v) is 2.43. The smallest absolute Gasteiger partial charge is 0.335 e. The minimum atomic E-state index is -0.967. The maximum Gasteiger partial charge on any atom is 0.335 e. The Kier molecular flexibility index (Phi) is 3.41. The van der Waals surface area contributed by atoms with E-state index in [4.69, 9.17) is 9.52 Å². The van der Waals surface area contributed by atoms with Crippen molar-refractivity contribution in [3.05, 3.63) is 35.4 Å². The summed E-state index contributed by atoms with van der Waals surface area (Å²) in [6, 6.07) is 5.13. The molecule has 0 atom stereocenters. The Hall–Kier alpha value is -2.30. The minimum absolute atomic E-state index is 0.205. The van der Waals surface area contributed by atoms with Crippen LogP contribution >= 0.6 is 0 Å². The lowest BCUT2D eigenvalue weighted by molar-refractivity contribution is 0.0697. The third kappa shape index (κ3) is 2.66. The van der Waals surface area contributed by atoms with E-state index in [1.807, 2.05) is 0 Å². The maximum atomic E-state index is 10.9. The number of oxazole rings is 1. The second-order valence-electron chi connectivity index (χ2n) is 4.94. The van der Waals surface area contributed by atoms with Crippen LogP contribution in [0.15, 0.2) is 34.3 Å². The van der Waals surface area contributed by atoms with Gasteiger partial charge in [-0.25, -0.2) is 4.79 Å². The summed E-state index contributed by atoms with van der Waals surface area (Å²) in [5, 5.41) is 12.1. The number of fused-ring (bicyclic) bond motifs is 1. The third-order valence-corrected chi connectivity index (χ3v) is 3.49. The Labute approximate surface area is 116 Å². The fourth-order valence-electron chi connectivity index (χ4n) is 2.43. The van der Waals surface area contributed by atoms with Gasteiger partial charge in [-0.15, -0.1) is 0 Å². The molecule has 0 bridgehead atoms. The average molecular weight is 272 g/mol. The van der Waals surface area contributed by atoms with Crippen LogP contribution in [0.4, 0.5) is 6.01 Å². The molecule has 2 N–H and O–H groups in total. The normalized spacial score (nSPS) is 14.5. The summed E-state index contributed by atoms with van der Waals surface area (Å²) in [5.74, 6) is -0.967. The van der Waals surface area contributed by atoms with Gasteiger partial charge in [0.2, 0.25) is 0 Å². The van der Waals surface area contributed by atoms with Crippen molar-refractivity contribution < 1.29 is 14.3 Å². The summed E-state index contributed by atoms with van der Waals surface area (Å²) in [6.07, 6.45) is 6.94. The van der Waals surface area contributed by atoms with Crippen LogP contribution in [0.5, 0.6) is 0 Å². The van der Waals surface area contributed by atoms with Gasteiger partial charge in [0.1, 0.15) is 5.52 Å². The van der Waals surface area contributed by atoms with Gasteiger partial charge < -0.3 is 14.8 Å². The van der Waals surface area contributed by atoms with Gasteiger partial charge in [0.15, 0.2) is 5.58 Å². The summed E-state index contributed by atoms with van der Waals surface area (Å²) < 4.78 is 5.52. The number of allylic oxidation sites excluding steroid dienone is 1. The molecule has 0 aliphatic heterocycles. The topological polar surface area (TPSA) is 75.4 Å². The lowest BCUT2D eigenvalue weighted by Gasteiger charge is -2.02. The largest absolute Gasteiger partial charge is 0.478 e. The van der Waals surface area contributed by atoms with Gasteiger partial charge in [-0.1, -0.05) is 11.6 Å². The number of carbonyl (C=O) groups is 1. The molecule has 0 fully saturated rings. The highest BCUT2D eigenvalue weighted by atomic mass is 16.4. The predicted octanol–water partition coefficient (Wildman–Crippen LogP) is 3.44. The first-order valence-electron chi connectivity index (χ1n) is 6.78. The first-order chi connectivity index (χ1) is 9.72. The van der Waals surface area contributed by atoms with E-state index in [2.05, 4.69) is 16.4 Å². The highest BCUT2D eigenvalue weighted by Gasteiger charge is 2.10. The summed E-state index contributed by atoms with van der Waals surface area (Å²) in [7, 11) is 0. The molecule has 1 aliphatic carbocycles. The highest BCUT2D eigenvalue weighted by Crippen LogP contribution is 2.22. The molecule has 104 valence electrons. The van der Waals surface area contributed by atoms with Crippen LogP contribution in [-0.2, 0) is 0 Å². The van der Waals surface area contributed by atoms with Crippen molar-refractivity contribution in [1.82, 2.24) is 4.98 Å². The Morgan fingerprint density at radius 1 is 1.45 bits per heavy atom. The van der Waals surface area contributed by atoms with Crippen LogP contribution in [0.1, 0.15) is 36.0 Å². The molecule has 0 radical (unpaired) electrons. The first-order valence-corrected chi connectivity index (χ1v) is 6.78. The van der Waals surface area contributed by atoms with Gasteiger partial charge in [-0.2, -0.15) is 4.98 Å². The second-order valence-corrected chi connectivity index (χ2v) is 4.94. The predicted molar refractivity (Wildman–Crippen MR) is 76.0 cm³/mol. The molecule has 0 saturated heterocycles. The molecular formula is C15H16N2O3. The molecule has 0 amide bonds. The van der Waals surface area contributed by atoms with Gasteiger partial charge in [-0.05, 0) is 43.9 Å². The number of hydrogen-bond acceptors (Lipinski definition) is 4. The van der Waals surface area contributed by atoms with Crippen LogP contribution in [0.2, 0.25) is 0 Å². The van der Waals surface area contributed by atoms with Gasteiger partial charge in [0.25, 0.3) is 6.01 Å². The molecule has 0 spiro atoms. The van der Waals surface area contributed by atoms with Gasteiger partial charge in [0, 0.05) is 6.54 Å². The summed E-state index contributed by atoms with van der Waals surface area (Å²) in [6.45, 7) is 0.782. The highest BCUT2D eigenvalue weighted by molar-refractivity contribution is 5.92. The lowest BCUT2D eigenvalue weighted by Crippen LogP contribution is -2.02. The van der Waals surface area contributed by atoms with E-state index in [0.717, 1.165) is 13.0 Å². The molecule has 2 aromatic rings. The van der Waals surface area contributed by atoms with Crippen molar-refractivity contribution in [2.24, 2.45) is 0 Å². The van der Waals surface area contributed by atoms with Crippen molar-refractivity contribution in [3.8, 4) is 0 Å². The van der Waals surface area contributed by atoms with Crippen molar-refractivity contribution in [3.63, 3.8) is 0 Å². The van der Waals surface area contributed by atoms with E-state index >= 15 is 0 Å². The fraction of sp³-hybridized carbons (Fsp3) is 0.333. The number of hydrogen-bond donors (Lipinski definition) is 2. The zero-order chi connectivity index (χ0) is 13.9.